The molecule has 0 spiro atoms. The number of sulfonamides is 1. The maximum Gasteiger partial charge on any atom is 0.241 e. The molecule has 0 fully saturated rings. The number of carbonyl (C=O) groups is 1. The zero-order valence-corrected chi connectivity index (χ0v) is 15.5. The summed E-state index contributed by atoms with van der Waals surface area (Å²) in [5.74, 6) is 0.246. The van der Waals surface area contributed by atoms with Crippen LogP contribution < -0.4 is 19.5 Å². The van der Waals surface area contributed by atoms with Gasteiger partial charge in [-0.25, -0.2) is 8.42 Å². The highest BCUT2D eigenvalue weighted by atomic mass is 32.2. The smallest absolute Gasteiger partial charge is 0.241 e. The molecule has 2 rings (SSSR count). The summed E-state index contributed by atoms with van der Waals surface area (Å²) in [6.07, 6.45) is 3.25. The monoisotopic (exact) mass is 379 g/mol. The number of amides is 1. The van der Waals surface area contributed by atoms with Crippen molar-refractivity contribution in [1.82, 2.24) is 15.0 Å². The van der Waals surface area contributed by atoms with Crippen molar-refractivity contribution in [2.75, 3.05) is 14.2 Å². The van der Waals surface area contributed by atoms with Crippen molar-refractivity contribution in [3.63, 3.8) is 0 Å². The molecule has 0 aliphatic rings. The van der Waals surface area contributed by atoms with Crippen LogP contribution in [0.5, 0.6) is 11.5 Å². The molecular formula is C17H21N3O5S. The van der Waals surface area contributed by atoms with Gasteiger partial charge in [-0.3, -0.25) is 9.78 Å². The van der Waals surface area contributed by atoms with Crippen LogP contribution in [0.25, 0.3) is 0 Å². The number of nitrogens with zero attached hydrogens (tertiary/aromatic N) is 1. The second-order valence-electron chi connectivity index (χ2n) is 5.44. The van der Waals surface area contributed by atoms with E-state index in [2.05, 4.69) is 15.0 Å². The van der Waals surface area contributed by atoms with Gasteiger partial charge >= 0.3 is 0 Å². The molecule has 26 heavy (non-hydrogen) atoms. The summed E-state index contributed by atoms with van der Waals surface area (Å²) >= 11 is 0. The summed E-state index contributed by atoms with van der Waals surface area (Å²) in [6, 6.07) is 6.81. The van der Waals surface area contributed by atoms with Crippen molar-refractivity contribution in [3.8, 4) is 11.5 Å². The fourth-order valence-electron chi connectivity index (χ4n) is 2.18. The van der Waals surface area contributed by atoms with Crippen molar-refractivity contribution in [2.45, 2.75) is 24.4 Å². The molecule has 0 saturated heterocycles. The molecule has 9 heteroatoms. The lowest BCUT2D eigenvalue weighted by Crippen LogP contribution is -2.44. The summed E-state index contributed by atoms with van der Waals surface area (Å²) in [5, 5.41) is 2.66. The number of benzene rings is 1. The Labute approximate surface area is 152 Å². The average Bonchev–Trinajstić information content (AvgIpc) is 2.65. The van der Waals surface area contributed by atoms with Crippen LogP contribution in [0.2, 0.25) is 0 Å². The number of hydrogen-bond acceptors (Lipinski definition) is 6. The minimum absolute atomic E-state index is 0.0259. The zero-order chi connectivity index (χ0) is 19.2. The van der Waals surface area contributed by atoms with Gasteiger partial charge in [0.2, 0.25) is 15.9 Å². The Morgan fingerprint density at radius 1 is 1.19 bits per heavy atom. The summed E-state index contributed by atoms with van der Waals surface area (Å²) in [7, 11) is -1.03. The third-order valence-electron chi connectivity index (χ3n) is 3.58. The van der Waals surface area contributed by atoms with E-state index in [9.17, 15) is 13.2 Å². The first kappa shape index (κ1) is 19.7. The normalized spacial score (nSPS) is 12.3. The van der Waals surface area contributed by atoms with Crippen molar-refractivity contribution >= 4 is 15.9 Å². The minimum atomic E-state index is -3.90. The molecule has 0 saturated carbocycles. The molecule has 1 amide bonds. The van der Waals surface area contributed by atoms with Gasteiger partial charge in [-0.1, -0.05) is 6.07 Å². The van der Waals surface area contributed by atoms with Crippen molar-refractivity contribution in [3.05, 3.63) is 48.3 Å². The summed E-state index contributed by atoms with van der Waals surface area (Å²) in [5.41, 5.74) is 0.816. The van der Waals surface area contributed by atoms with E-state index >= 15 is 0 Å². The largest absolute Gasteiger partial charge is 0.493 e. The summed E-state index contributed by atoms with van der Waals surface area (Å²) in [6.45, 7) is 1.73. The second-order valence-corrected chi connectivity index (χ2v) is 7.15. The highest BCUT2D eigenvalue weighted by Gasteiger charge is 2.23. The predicted octanol–water partition coefficient (Wildman–Crippen LogP) is 1.08. The first-order valence-corrected chi connectivity index (χ1v) is 9.26. The Hall–Kier alpha value is -2.65. The van der Waals surface area contributed by atoms with Crippen LogP contribution in [0, 0.1) is 0 Å². The van der Waals surface area contributed by atoms with Crippen LogP contribution in [0.15, 0.2) is 47.6 Å². The van der Waals surface area contributed by atoms with E-state index in [-0.39, 0.29) is 17.2 Å². The molecule has 1 aromatic carbocycles. The minimum Gasteiger partial charge on any atom is -0.493 e. The molecule has 1 aromatic heterocycles. The van der Waals surface area contributed by atoms with Gasteiger partial charge in [0.05, 0.1) is 25.2 Å². The molecular weight excluding hydrogens is 358 g/mol. The first-order valence-electron chi connectivity index (χ1n) is 7.78. The van der Waals surface area contributed by atoms with Gasteiger partial charge in [0.1, 0.15) is 0 Å². The van der Waals surface area contributed by atoms with Crippen LogP contribution in [0.3, 0.4) is 0 Å². The highest BCUT2D eigenvalue weighted by Crippen LogP contribution is 2.29. The molecule has 2 N–H and O–H groups in total. The Morgan fingerprint density at radius 3 is 2.54 bits per heavy atom. The Kier molecular flexibility index (Phi) is 6.53. The van der Waals surface area contributed by atoms with Crippen LogP contribution >= 0.6 is 0 Å². The molecule has 1 atom stereocenters. The number of nitrogens with one attached hydrogen (secondary N) is 2. The number of pyridine rings is 1. The first-order chi connectivity index (χ1) is 12.4. The van der Waals surface area contributed by atoms with Gasteiger partial charge in [-0.15, -0.1) is 0 Å². The van der Waals surface area contributed by atoms with Crippen molar-refractivity contribution < 1.29 is 22.7 Å². The van der Waals surface area contributed by atoms with Crippen molar-refractivity contribution in [2.24, 2.45) is 0 Å². The number of hydrogen-bond donors (Lipinski definition) is 2. The van der Waals surface area contributed by atoms with E-state index in [0.717, 1.165) is 5.56 Å². The lowest BCUT2D eigenvalue weighted by molar-refractivity contribution is -0.122. The molecule has 0 unspecified atom stereocenters. The average molecular weight is 379 g/mol. The maximum absolute atomic E-state index is 12.5. The second kappa shape index (κ2) is 8.63. The van der Waals surface area contributed by atoms with Gasteiger partial charge in [-0.2, -0.15) is 4.72 Å². The SMILES string of the molecule is COc1ccc(S(=O)(=O)N[C@H](C)C(=O)NCc2cccnc2)cc1OC. The third kappa shape index (κ3) is 4.93. The number of ether oxygens (including phenoxy) is 2. The number of aromatic nitrogens is 1. The fourth-order valence-corrected chi connectivity index (χ4v) is 3.40. The predicted molar refractivity (Wildman–Crippen MR) is 95.4 cm³/mol. The Bertz CT molecular complexity index is 856. The quantitative estimate of drug-likeness (QED) is 0.711. The molecule has 0 aliphatic heterocycles. The van der Waals surface area contributed by atoms with E-state index in [1.807, 2.05) is 6.07 Å². The third-order valence-corrected chi connectivity index (χ3v) is 5.12. The van der Waals surface area contributed by atoms with E-state index in [0.29, 0.717) is 5.75 Å². The molecule has 140 valence electrons. The Balaban J connectivity index is 2.04. The highest BCUT2D eigenvalue weighted by molar-refractivity contribution is 7.89. The summed E-state index contributed by atoms with van der Waals surface area (Å²) in [4.78, 5) is 16.1. The molecule has 1 heterocycles. The maximum atomic E-state index is 12.5. The van der Waals surface area contributed by atoms with Gasteiger partial charge in [0.25, 0.3) is 0 Å². The van der Waals surface area contributed by atoms with Crippen molar-refractivity contribution in [1.29, 1.82) is 0 Å². The topological polar surface area (TPSA) is 107 Å². The lowest BCUT2D eigenvalue weighted by atomic mass is 10.2. The van der Waals surface area contributed by atoms with Gasteiger partial charge in [0, 0.05) is 25.0 Å². The number of rotatable bonds is 8. The molecule has 8 nitrogen and oxygen atoms in total. The van der Waals surface area contributed by atoms with Crippen LogP contribution in [-0.4, -0.2) is 39.6 Å². The Morgan fingerprint density at radius 2 is 1.92 bits per heavy atom. The van der Waals surface area contributed by atoms with E-state index < -0.39 is 22.0 Å². The van der Waals surface area contributed by atoms with Crippen LogP contribution in [0.1, 0.15) is 12.5 Å². The van der Waals surface area contributed by atoms with Crippen LogP contribution in [0.4, 0.5) is 0 Å². The van der Waals surface area contributed by atoms with E-state index in [4.69, 9.17) is 9.47 Å². The van der Waals surface area contributed by atoms with Gasteiger partial charge in [0.15, 0.2) is 11.5 Å². The zero-order valence-electron chi connectivity index (χ0n) is 14.7. The van der Waals surface area contributed by atoms with Gasteiger partial charge in [-0.05, 0) is 30.7 Å². The molecule has 0 radical (unpaired) electrons. The lowest BCUT2D eigenvalue weighted by Gasteiger charge is -2.15. The van der Waals surface area contributed by atoms with E-state index in [1.54, 1.807) is 18.5 Å². The number of carbonyl (C=O) groups excluding carboxylic acids is 1. The van der Waals surface area contributed by atoms with Gasteiger partial charge < -0.3 is 14.8 Å². The fraction of sp³-hybridized carbons (Fsp3) is 0.294. The standard InChI is InChI=1S/C17H21N3O5S/c1-12(17(21)19-11-13-5-4-8-18-10-13)20-26(22,23)14-6-7-15(24-2)16(9-14)25-3/h4-10,12,20H,11H2,1-3H3,(H,19,21)/t12-/m1/s1. The molecule has 0 aliphatic carbocycles. The number of methoxy groups -OCH3 is 2. The molecule has 0 bridgehead atoms. The van der Waals surface area contributed by atoms with Crippen LogP contribution in [-0.2, 0) is 21.4 Å². The summed E-state index contributed by atoms with van der Waals surface area (Å²) < 4.78 is 37.5. The molecule has 2 aromatic rings. The van der Waals surface area contributed by atoms with E-state index in [1.165, 1.54) is 39.3 Å².